The number of nitrogens with zero attached hydrogens (tertiary/aromatic N) is 3. The number of halogens is 2. The Hall–Kier alpha value is -3.09. The average molecular weight is 547 g/mol. The van der Waals surface area contributed by atoms with Crippen molar-refractivity contribution in [2.24, 2.45) is 0 Å². The number of nitro groups is 1. The number of amides is 2. The van der Waals surface area contributed by atoms with E-state index in [0.29, 0.717) is 9.87 Å². The van der Waals surface area contributed by atoms with Crippen LogP contribution in [0.15, 0.2) is 36.4 Å². The lowest BCUT2D eigenvalue weighted by atomic mass is 10.1. The summed E-state index contributed by atoms with van der Waals surface area (Å²) >= 11 is 12.5. The van der Waals surface area contributed by atoms with Gasteiger partial charge in [0.15, 0.2) is 0 Å². The van der Waals surface area contributed by atoms with Gasteiger partial charge < -0.3 is 15.0 Å². The number of nitrogens with one attached hydrogen (secondary N) is 1. The number of hydrogen-bond donors (Lipinski definition) is 1. The van der Waals surface area contributed by atoms with Crippen LogP contribution < -0.4 is 14.4 Å². The molecule has 0 aliphatic heterocycles. The number of hydrogen-bond acceptors (Lipinski definition) is 7. The Balaban J connectivity index is 2.57. The molecule has 0 spiro atoms. The molecule has 0 bridgehead atoms. The molecule has 0 saturated carbocycles. The second-order valence-corrected chi connectivity index (χ2v) is 10.1. The van der Waals surface area contributed by atoms with E-state index in [-0.39, 0.29) is 28.0 Å². The van der Waals surface area contributed by atoms with Gasteiger partial charge in [0.1, 0.15) is 24.0 Å². The Morgan fingerprint density at radius 2 is 1.80 bits per heavy atom. The summed E-state index contributed by atoms with van der Waals surface area (Å²) < 4.78 is 31.2. The number of sulfonamides is 1. The highest BCUT2D eigenvalue weighted by Crippen LogP contribution is 2.34. The molecular weight excluding hydrogens is 523 g/mol. The fourth-order valence-corrected chi connectivity index (χ4v) is 4.59. The van der Waals surface area contributed by atoms with Crippen molar-refractivity contribution in [3.8, 4) is 5.75 Å². The molecule has 2 aromatic rings. The van der Waals surface area contributed by atoms with Crippen molar-refractivity contribution < 1.29 is 27.7 Å². The average Bonchev–Trinajstić information content (AvgIpc) is 2.80. The molecule has 2 rings (SSSR count). The summed E-state index contributed by atoms with van der Waals surface area (Å²) in [6.45, 7) is 0.482. The topological polar surface area (TPSA) is 139 Å². The molecule has 14 heteroatoms. The van der Waals surface area contributed by atoms with Gasteiger partial charge in [0.2, 0.25) is 21.8 Å². The maximum absolute atomic E-state index is 13.5. The van der Waals surface area contributed by atoms with E-state index in [1.807, 2.05) is 0 Å². The van der Waals surface area contributed by atoms with Crippen LogP contribution in [-0.4, -0.2) is 63.1 Å². The molecule has 1 N–H and O–H groups in total. The van der Waals surface area contributed by atoms with E-state index in [0.717, 1.165) is 23.3 Å². The van der Waals surface area contributed by atoms with Crippen molar-refractivity contribution in [1.82, 2.24) is 10.2 Å². The highest BCUT2D eigenvalue weighted by molar-refractivity contribution is 7.92. The van der Waals surface area contributed by atoms with Crippen LogP contribution >= 0.6 is 23.2 Å². The Morgan fingerprint density at radius 1 is 1.20 bits per heavy atom. The van der Waals surface area contributed by atoms with Crippen LogP contribution in [0, 0.1) is 10.1 Å². The highest BCUT2D eigenvalue weighted by atomic mass is 35.5. The molecule has 2 amide bonds. The lowest BCUT2D eigenvalue weighted by Gasteiger charge is -2.32. The molecule has 0 fully saturated rings. The van der Waals surface area contributed by atoms with Crippen LogP contribution in [0.25, 0.3) is 0 Å². The molecule has 0 aromatic heterocycles. The molecule has 0 aliphatic carbocycles. The standard InChI is InChI=1S/C21H24Cl2N4O7S/c1-13(21(29)24-2)25(11-15-16(22)6-5-7-17(15)23)20(28)12-26(35(4,32)33)18-10-14(27(30)31)8-9-19(18)34-3/h5-10,13H,11-12H2,1-4H3,(H,24,29)/t13-/m0/s1. The van der Waals surface area contributed by atoms with E-state index in [2.05, 4.69) is 5.32 Å². The number of carbonyl (C=O) groups excluding carboxylic acids is 2. The molecule has 0 saturated heterocycles. The van der Waals surface area contributed by atoms with Crippen molar-refractivity contribution in [2.75, 3.05) is 31.3 Å². The molecule has 35 heavy (non-hydrogen) atoms. The Bertz CT molecular complexity index is 1220. The third kappa shape index (κ3) is 6.74. The Kier molecular flexibility index (Phi) is 9.30. The number of non-ortho nitro benzene ring substituents is 1. The lowest BCUT2D eigenvalue weighted by Crippen LogP contribution is -2.50. The number of methoxy groups -OCH3 is 1. The molecule has 11 nitrogen and oxygen atoms in total. The van der Waals surface area contributed by atoms with Crippen LogP contribution in [-0.2, 0) is 26.2 Å². The zero-order chi connectivity index (χ0) is 26.5. The summed E-state index contributed by atoms with van der Waals surface area (Å²) in [6.07, 6.45) is 0.843. The first-order valence-electron chi connectivity index (χ1n) is 10.1. The second kappa shape index (κ2) is 11.6. The second-order valence-electron chi connectivity index (χ2n) is 7.39. The lowest BCUT2D eigenvalue weighted by molar-refractivity contribution is -0.384. The molecule has 0 aliphatic rings. The van der Waals surface area contributed by atoms with Crippen LogP contribution in [0.2, 0.25) is 10.0 Å². The number of likely N-dealkylation sites (N-methyl/N-ethyl adjacent to an activating group) is 1. The summed E-state index contributed by atoms with van der Waals surface area (Å²) in [4.78, 5) is 37.5. The zero-order valence-corrected chi connectivity index (χ0v) is 21.6. The predicted molar refractivity (Wildman–Crippen MR) is 132 cm³/mol. The monoisotopic (exact) mass is 546 g/mol. The third-order valence-electron chi connectivity index (χ3n) is 5.12. The van der Waals surface area contributed by atoms with Gasteiger partial charge in [0, 0.05) is 41.3 Å². The first-order valence-corrected chi connectivity index (χ1v) is 12.7. The number of benzene rings is 2. The minimum atomic E-state index is -4.13. The number of rotatable bonds is 10. The molecule has 0 unspecified atom stereocenters. The quantitative estimate of drug-likeness (QED) is 0.357. The minimum absolute atomic E-state index is 0.00567. The van der Waals surface area contributed by atoms with E-state index in [4.69, 9.17) is 27.9 Å². The fourth-order valence-electron chi connectivity index (χ4n) is 3.23. The highest BCUT2D eigenvalue weighted by Gasteiger charge is 2.32. The summed E-state index contributed by atoms with van der Waals surface area (Å²) in [5, 5.41) is 14.2. The molecular formula is C21H24Cl2N4O7S. The molecule has 0 heterocycles. The zero-order valence-electron chi connectivity index (χ0n) is 19.3. The molecule has 1 atom stereocenters. The Morgan fingerprint density at radius 3 is 2.29 bits per heavy atom. The smallest absolute Gasteiger partial charge is 0.271 e. The maximum atomic E-state index is 13.5. The summed E-state index contributed by atoms with van der Waals surface area (Å²) in [5.74, 6) is -1.30. The van der Waals surface area contributed by atoms with Crippen LogP contribution in [0.3, 0.4) is 0 Å². The van der Waals surface area contributed by atoms with Crippen LogP contribution in [0.5, 0.6) is 5.75 Å². The minimum Gasteiger partial charge on any atom is -0.495 e. The van der Waals surface area contributed by atoms with Gasteiger partial charge in [-0.15, -0.1) is 0 Å². The SMILES string of the molecule is CNC(=O)[C@H](C)N(Cc1c(Cl)cccc1Cl)C(=O)CN(c1cc([N+](=O)[O-])ccc1OC)S(C)(=O)=O. The molecule has 2 aromatic carbocycles. The fraction of sp³-hybridized carbons (Fsp3) is 0.333. The first kappa shape index (κ1) is 28.1. The largest absolute Gasteiger partial charge is 0.495 e. The molecule has 0 radical (unpaired) electrons. The van der Waals surface area contributed by atoms with Gasteiger partial charge in [-0.1, -0.05) is 29.3 Å². The first-order chi connectivity index (χ1) is 16.3. The van der Waals surface area contributed by atoms with Gasteiger partial charge in [0.05, 0.1) is 18.3 Å². The van der Waals surface area contributed by atoms with Crippen LogP contribution in [0.4, 0.5) is 11.4 Å². The van der Waals surface area contributed by atoms with Crippen molar-refractivity contribution in [1.29, 1.82) is 0 Å². The van der Waals surface area contributed by atoms with Gasteiger partial charge in [-0.05, 0) is 25.1 Å². The summed E-state index contributed by atoms with van der Waals surface area (Å²) in [5.41, 5.74) is -0.250. The number of carbonyl (C=O) groups is 2. The predicted octanol–water partition coefficient (Wildman–Crippen LogP) is 2.84. The van der Waals surface area contributed by atoms with Gasteiger partial charge >= 0.3 is 0 Å². The van der Waals surface area contributed by atoms with Gasteiger partial charge in [-0.2, -0.15) is 0 Å². The van der Waals surface area contributed by atoms with E-state index in [9.17, 15) is 28.1 Å². The van der Waals surface area contributed by atoms with Gasteiger partial charge in [0.25, 0.3) is 5.69 Å². The number of nitro benzene ring substituents is 1. The maximum Gasteiger partial charge on any atom is 0.271 e. The van der Waals surface area contributed by atoms with Gasteiger partial charge in [-0.3, -0.25) is 24.0 Å². The Labute approximate surface area is 212 Å². The van der Waals surface area contributed by atoms with E-state index < -0.39 is 45.0 Å². The normalized spacial score (nSPS) is 11.9. The number of ether oxygens (including phenoxy) is 1. The van der Waals surface area contributed by atoms with Crippen LogP contribution in [0.1, 0.15) is 12.5 Å². The van der Waals surface area contributed by atoms with Crippen molar-refractivity contribution in [3.05, 3.63) is 62.1 Å². The van der Waals surface area contributed by atoms with E-state index in [1.54, 1.807) is 18.2 Å². The third-order valence-corrected chi connectivity index (χ3v) is 6.96. The van der Waals surface area contributed by atoms with Crippen molar-refractivity contribution >= 4 is 56.4 Å². The van der Waals surface area contributed by atoms with Crippen molar-refractivity contribution in [2.45, 2.75) is 19.5 Å². The summed E-state index contributed by atoms with van der Waals surface area (Å²) in [7, 11) is -1.49. The van der Waals surface area contributed by atoms with Gasteiger partial charge in [-0.25, -0.2) is 8.42 Å². The number of anilines is 1. The van der Waals surface area contributed by atoms with E-state index >= 15 is 0 Å². The van der Waals surface area contributed by atoms with E-state index in [1.165, 1.54) is 27.1 Å². The van der Waals surface area contributed by atoms with Crippen molar-refractivity contribution in [3.63, 3.8) is 0 Å². The molecule has 190 valence electrons. The summed E-state index contributed by atoms with van der Waals surface area (Å²) in [6, 6.07) is 7.06.